The van der Waals surface area contributed by atoms with E-state index in [1.54, 1.807) is 34.1 Å². The summed E-state index contributed by atoms with van der Waals surface area (Å²) >= 11 is 0. The third kappa shape index (κ3) is 4.93. The normalized spacial score (nSPS) is 25.5. The molecule has 10 nitrogen and oxygen atoms in total. The summed E-state index contributed by atoms with van der Waals surface area (Å²) in [5.41, 5.74) is -2.50. The molecule has 207 valence electrons. The van der Waals surface area contributed by atoms with Gasteiger partial charge in [0, 0.05) is 55.8 Å². The fourth-order valence-corrected chi connectivity index (χ4v) is 5.77. The van der Waals surface area contributed by atoms with Crippen molar-refractivity contribution in [3.63, 3.8) is 0 Å². The Morgan fingerprint density at radius 1 is 0.676 bits per heavy atom. The number of rotatable bonds is 8. The molecule has 4 aliphatic heterocycles. The molecule has 4 fully saturated rings. The molecule has 2 N–H and O–H groups in total. The van der Waals surface area contributed by atoms with E-state index >= 15 is 0 Å². The average Bonchev–Trinajstić information content (AvgIpc) is 3.55. The van der Waals surface area contributed by atoms with E-state index in [-0.39, 0.29) is 54.6 Å². The van der Waals surface area contributed by atoms with Crippen LogP contribution in [0, 0.1) is 0 Å². The van der Waals surface area contributed by atoms with E-state index in [1.807, 2.05) is 0 Å². The Bertz CT molecular complexity index is 873. The minimum absolute atomic E-state index is 0. The molecule has 4 amide bonds. The van der Waals surface area contributed by atoms with Crippen molar-refractivity contribution >= 4 is 23.6 Å². The Morgan fingerprint density at radius 3 is 1.24 bits per heavy atom. The second-order valence-electron chi connectivity index (χ2n) is 9.65. The zero-order chi connectivity index (χ0) is 26.7. The Labute approximate surface area is 228 Å². The second kappa shape index (κ2) is 12.2. The van der Waals surface area contributed by atoms with E-state index in [1.165, 1.54) is 0 Å². The molecule has 2 atom stereocenters. The van der Waals surface area contributed by atoms with E-state index in [0.717, 1.165) is 12.8 Å². The van der Waals surface area contributed by atoms with Gasteiger partial charge in [-0.25, -0.2) is 10.1 Å². The van der Waals surface area contributed by atoms with Gasteiger partial charge in [0.2, 0.25) is 0 Å². The van der Waals surface area contributed by atoms with E-state index in [0.29, 0.717) is 36.1 Å². The number of hydrogen-bond acceptors (Lipinski definition) is 6. The maximum absolute atomic E-state index is 12.5. The number of carbonyl (C=O) groups is 4. The van der Waals surface area contributed by atoms with Gasteiger partial charge in [-0.1, -0.05) is 24.3 Å². The zero-order valence-electron chi connectivity index (χ0n) is 21.0. The van der Waals surface area contributed by atoms with Crippen LogP contribution in [0.1, 0.15) is 51.4 Å². The molecular formula is C26H36CuN4O6. The van der Waals surface area contributed by atoms with Gasteiger partial charge in [0.15, 0.2) is 11.1 Å². The van der Waals surface area contributed by atoms with E-state index < -0.39 is 35.0 Å². The molecule has 0 unspecified atom stereocenters. The maximum atomic E-state index is 12.5. The van der Waals surface area contributed by atoms with Gasteiger partial charge in [0.1, 0.15) is 12.1 Å². The molecular weight excluding hydrogens is 528 g/mol. The van der Waals surface area contributed by atoms with Crippen molar-refractivity contribution in [3.05, 3.63) is 50.6 Å². The summed E-state index contributed by atoms with van der Waals surface area (Å²) in [7, 11) is 0. The molecule has 4 heterocycles. The maximum Gasteiger partial charge on any atom is 0.269 e. The molecule has 0 aromatic rings. The summed E-state index contributed by atoms with van der Waals surface area (Å²) < 4.78 is 0. The Balaban J connectivity index is 0.000000253. The quantitative estimate of drug-likeness (QED) is 0.265. The minimum Gasteiger partial charge on any atom is -0.328 e. The van der Waals surface area contributed by atoms with Gasteiger partial charge in [0.25, 0.3) is 23.6 Å². The molecule has 4 aliphatic rings. The van der Waals surface area contributed by atoms with Crippen molar-refractivity contribution in [3.8, 4) is 0 Å². The molecule has 0 spiro atoms. The van der Waals surface area contributed by atoms with Gasteiger partial charge >= 0.3 is 0 Å². The third-order valence-electron chi connectivity index (χ3n) is 7.55. The van der Waals surface area contributed by atoms with Gasteiger partial charge in [-0.3, -0.25) is 29.6 Å². The number of nitrogens with zero attached hydrogens (tertiary/aromatic N) is 4. The van der Waals surface area contributed by atoms with Crippen LogP contribution in [-0.2, 0) is 36.2 Å². The monoisotopic (exact) mass is 563 g/mol. The fraction of sp³-hybridized carbons (Fsp3) is 0.538. The topological polar surface area (TPSA) is 122 Å². The number of hydroxylamine groups is 4. The summed E-state index contributed by atoms with van der Waals surface area (Å²) in [4.78, 5) is 52.5. The molecule has 4 saturated heterocycles. The molecule has 0 aliphatic carbocycles. The van der Waals surface area contributed by atoms with Crippen molar-refractivity contribution in [2.75, 3.05) is 13.1 Å². The Hall–Kier alpha value is -2.72. The largest absolute Gasteiger partial charge is 0.328 e. The number of amides is 4. The fourth-order valence-electron chi connectivity index (χ4n) is 5.77. The van der Waals surface area contributed by atoms with Crippen molar-refractivity contribution in [2.45, 2.75) is 74.5 Å². The van der Waals surface area contributed by atoms with Crippen LogP contribution in [0.25, 0.3) is 0 Å². The molecule has 11 heteroatoms. The molecule has 37 heavy (non-hydrogen) atoms. The van der Waals surface area contributed by atoms with Crippen LogP contribution in [0.2, 0.25) is 0 Å². The SMILES string of the molecule is C=CCC1(CC=C)C(=O)N2CCC[C@H]2C(=O)N1O.C=CCC1(CC=C)C(=O)N2CCC[C@H]2C(=O)N1O.[Cu]. The van der Waals surface area contributed by atoms with E-state index in [9.17, 15) is 29.6 Å². The van der Waals surface area contributed by atoms with Crippen LogP contribution in [-0.4, -0.2) is 90.2 Å². The number of piperazine rings is 2. The summed E-state index contributed by atoms with van der Waals surface area (Å²) in [6.45, 7) is 15.6. The second-order valence-corrected chi connectivity index (χ2v) is 9.65. The average molecular weight is 564 g/mol. The molecule has 0 aromatic carbocycles. The Morgan fingerprint density at radius 2 is 0.973 bits per heavy atom. The third-order valence-corrected chi connectivity index (χ3v) is 7.55. The summed E-state index contributed by atoms with van der Waals surface area (Å²) in [6.07, 6.45) is 9.95. The summed E-state index contributed by atoms with van der Waals surface area (Å²) in [6, 6.07) is -0.990. The standard InChI is InChI=1S/2C13H18N2O3.Cu/c2*1-3-7-13(8-4-2)12(17)14-9-5-6-10(14)11(16)15(13)18;/h2*3-4,10,18H,1-2,5-9H2;/t2*10-;/m00./s1. The first-order valence-electron chi connectivity index (χ1n) is 12.3. The molecule has 0 bridgehead atoms. The first kappa shape index (κ1) is 30.5. The number of hydrogen-bond donors (Lipinski definition) is 2. The van der Waals surface area contributed by atoms with Crippen LogP contribution < -0.4 is 0 Å². The first-order chi connectivity index (χ1) is 17.2. The van der Waals surface area contributed by atoms with E-state index in [2.05, 4.69) is 26.3 Å². The van der Waals surface area contributed by atoms with Crippen molar-refractivity contribution in [2.24, 2.45) is 0 Å². The van der Waals surface area contributed by atoms with Crippen molar-refractivity contribution in [1.82, 2.24) is 19.9 Å². The van der Waals surface area contributed by atoms with Crippen LogP contribution in [0.5, 0.6) is 0 Å². The van der Waals surface area contributed by atoms with Crippen molar-refractivity contribution < 1.29 is 46.7 Å². The number of carbonyl (C=O) groups excluding carboxylic acids is 4. The van der Waals surface area contributed by atoms with Crippen LogP contribution in [0.15, 0.2) is 50.6 Å². The van der Waals surface area contributed by atoms with Gasteiger partial charge in [0.05, 0.1) is 0 Å². The van der Waals surface area contributed by atoms with Gasteiger partial charge in [-0.15, -0.1) is 26.3 Å². The van der Waals surface area contributed by atoms with Crippen LogP contribution in [0.3, 0.4) is 0 Å². The van der Waals surface area contributed by atoms with Gasteiger partial charge < -0.3 is 9.80 Å². The summed E-state index contributed by atoms with van der Waals surface area (Å²) in [5, 5.41) is 21.4. The van der Waals surface area contributed by atoms with Crippen LogP contribution in [0.4, 0.5) is 0 Å². The smallest absolute Gasteiger partial charge is 0.269 e. The minimum atomic E-state index is -1.25. The van der Waals surface area contributed by atoms with Gasteiger partial charge in [-0.2, -0.15) is 0 Å². The first-order valence-corrected chi connectivity index (χ1v) is 12.3. The Kier molecular flexibility index (Phi) is 10.1. The predicted molar refractivity (Wildman–Crippen MR) is 131 cm³/mol. The molecule has 4 rings (SSSR count). The molecule has 1 radical (unpaired) electrons. The van der Waals surface area contributed by atoms with Crippen molar-refractivity contribution in [1.29, 1.82) is 0 Å². The molecule has 0 aromatic heterocycles. The summed E-state index contributed by atoms with van der Waals surface area (Å²) in [5.74, 6) is -1.19. The number of fused-ring (bicyclic) bond motifs is 2. The van der Waals surface area contributed by atoms with Crippen LogP contribution >= 0.6 is 0 Å². The molecule has 0 saturated carbocycles. The predicted octanol–water partition coefficient (Wildman–Crippen LogP) is 2.20. The van der Waals surface area contributed by atoms with Gasteiger partial charge in [-0.05, 0) is 25.7 Å². The van der Waals surface area contributed by atoms with E-state index in [4.69, 9.17) is 0 Å². The zero-order valence-corrected chi connectivity index (χ0v) is 21.9.